The summed E-state index contributed by atoms with van der Waals surface area (Å²) < 4.78 is 4.54. The molecule has 0 radical (unpaired) electrons. The number of H-pyrrole nitrogens is 1. The van der Waals surface area contributed by atoms with Gasteiger partial charge < -0.3 is 0 Å². The smallest absolute Gasteiger partial charge is 0.195 e. The van der Waals surface area contributed by atoms with Crippen LogP contribution >= 0.6 is 12.2 Å². The fourth-order valence-corrected chi connectivity index (χ4v) is 2.02. The number of rotatable bonds is 3. The van der Waals surface area contributed by atoms with Gasteiger partial charge in [-0.3, -0.25) is 14.3 Å². The van der Waals surface area contributed by atoms with Crippen LogP contribution in [0.25, 0.3) is 0 Å². The normalized spacial score (nSPS) is 12.9. The Bertz CT molecular complexity index is 481. The average molecular weight is 223 g/mol. The topological polar surface area (TPSA) is 51.4 Å². The Morgan fingerprint density at radius 1 is 1.60 bits per heavy atom. The zero-order valence-corrected chi connectivity index (χ0v) is 9.53. The number of nitrogens with one attached hydrogen (secondary N) is 1. The van der Waals surface area contributed by atoms with Gasteiger partial charge in [-0.1, -0.05) is 0 Å². The second-order valence-corrected chi connectivity index (χ2v) is 3.91. The molecule has 0 fully saturated rings. The summed E-state index contributed by atoms with van der Waals surface area (Å²) in [7, 11) is 0. The first-order valence-electron chi connectivity index (χ1n) is 4.79. The van der Waals surface area contributed by atoms with E-state index >= 15 is 0 Å². The van der Waals surface area contributed by atoms with E-state index in [1.807, 2.05) is 28.4 Å². The first kappa shape index (κ1) is 10.1. The van der Waals surface area contributed by atoms with Crippen LogP contribution in [0.3, 0.4) is 0 Å². The van der Waals surface area contributed by atoms with Crippen LogP contribution in [0.4, 0.5) is 0 Å². The van der Waals surface area contributed by atoms with E-state index in [0.29, 0.717) is 4.77 Å². The number of aromatic amines is 1. The molecule has 1 N–H and O–H groups in total. The molecule has 0 aromatic carbocycles. The van der Waals surface area contributed by atoms with Gasteiger partial charge in [0.2, 0.25) is 0 Å². The van der Waals surface area contributed by atoms with Crippen LogP contribution in [0, 0.1) is 11.7 Å². The molecule has 0 aliphatic carbocycles. The Hall–Kier alpha value is -1.43. The summed E-state index contributed by atoms with van der Waals surface area (Å²) in [6.07, 6.45) is 3.71. The minimum absolute atomic E-state index is 0.246. The first-order chi connectivity index (χ1) is 7.18. The zero-order chi connectivity index (χ0) is 10.8. The molecule has 0 saturated carbocycles. The van der Waals surface area contributed by atoms with E-state index in [1.165, 1.54) is 0 Å². The van der Waals surface area contributed by atoms with Crippen LogP contribution in [0.15, 0.2) is 18.5 Å². The summed E-state index contributed by atoms with van der Waals surface area (Å²) in [5.74, 6) is 0.902. The standard InChI is InChI=1S/C9H13N5S/c1-7(6-13-5-3-4-10-13)14-8(2)11-12-9(14)15/h3-5,7H,6H2,1-2H3,(H,12,15). The highest BCUT2D eigenvalue weighted by Crippen LogP contribution is 2.10. The largest absolute Gasteiger partial charge is 0.300 e. The van der Waals surface area contributed by atoms with Gasteiger partial charge in [0.05, 0.1) is 12.6 Å². The third-order valence-electron chi connectivity index (χ3n) is 2.33. The van der Waals surface area contributed by atoms with Crippen molar-refractivity contribution in [2.75, 3.05) is 0 Å². The second kappa shape index (κ2) is 3.98. The van der Waals surface area contributed by atoms with Crippen molar-refractivity contribution < 1.29 is 0 Å². The number of nitrogens with zero attached hydrogens (tertiary/aromatic N) is 4. The van der Waals surface area contributed by atoms with Gasteiger partial charge in [0.1, 0.15) is 5.82 Å². The molecule has 2 aromatic rings. The molecule has 5 nitrogen and oxygen atoms in total. The Morgan fingerprint density at radius 2 is 2.40 bits per heavy atom. The first-order valence-corrected chi connectivity index (χ1v) is 5.20. The van der Waals surface area contributed by atoms with Crippen molar-refractivity contribution >= 4 is 12.2 Å². The summed E-state index contributed by atoms with van der Waals surface area (Å²) in [6.45, 7) is 4.83. The van der Waals surface area contributed by atoms with E-state index in [0.717, 1.165) is 12.4 Å². The van der Waals surface area contributed by atoms with Gasteiger partial charge >= 0.3 is 0 Å². The molecule has 0 bridgehead atoms. The van der Waals surface area contributed by atoms with E-state index in [-0.39, 0.29) is 6.04 Å². The molecule has 0 amide bonds. The van der Waals surface area contributed by atoms with Crippen molar-refractivity contribution in [1.29, 1.82) is 0 Å². The SMILES string of the molecule is Cc1n[nH]c(=S)n1C(C)Cn1cccn1. The Balaban J connectivity index is 2.22. The minimum atomic E-state index is 0.246. The molecule has 6 heteroatoms. The fourth-order valence-electron chi connectivity index (χ4n) is 1.66. The molecular formula is C9H13N5S. The van der Waals surface area contributed by atoms with Crippen LogP contribution in [-0.4, -0.2) is 24.5 Å². The molecule has 1 atom stereocenters. The van der Waals surface area contributed by atoms with Gasteiger partial charge in [-0.15, -0.1) is 0 Å². The highest BCUT2D eigenvalue weighted by Gasteiger charge is 2.10. The zero-order valence-electron chi connectivity index (χ0n) is 8.71. The van der Waals surface area contributed by atoms with E-state index < -0.39 is 0 Å². The number of hydrogen-bond donors (Lipinski definition) is 1. The Labute approximate surface area is 92.7 Å². The van der Waals surface area contributed by atoms with Crippen LogP contribution in [0.1, 0.15) is 18.8 Å². The fraction of sp³-hybridized carbons (Fsp3) is 0.444. The molecule has 2 heterocycles. The van der Waals surface area contributed by atoms with E-state index in [1.54, 1.807) is 6.20 Å². The van der Waals surface area contributed by atoms with Gasteiger partial charge in [0.15, 0.2) is 4.77 Å². The summed E-state index contributed by atoms with van der Waals surface area (Å²) in [5.41, 5.74) is 0. The predicted molar refractivity (Wildman–Crippen MR) is 59.1 cm³/mol. The minimum Gasteiger partial charge on any atom is -0.300 e. The summed E-state index contributed by atoms with van der Waals surface area (Å²) in [6, 6.07) is 2.16. The molecule has 0 aliphatic rings. The third-order valence-corrected chi connectivity index (χ3v) is 2.62. The molecule has 0 spiro atoms. The molecule has 2 aromatic heterocycles. The second-order valence-electron chi connectivity index (χ2n) is 3.52. The van der Waals surface area contributed by atoms with Gasteiger partial charge in [0.25, 0.3) is 0 Å². The molecule has 1 unspecified atom stereocenters. The van der Waals surface area contributed by atoms with Crippen molar-refractivity contribution in [3.63, 3.8) is 0 Å². The maximum Gasteiger partial charge on any atom is 0.195 e. The number of aryl methyl sites for hydroxylation is 1. The summed E-state index contributed by atoms with van der Waals surface area (Å²) in [5, 5.41) is 11.0. The third kappa shape index (κ3) is 1.99. The van der Waals surface area contributed by atoms with Gasteiger partial charge in [-0.25, -0.2) is 0 Å². The monoisotopic (exact) mass is 223 g/mol. The van der Waals surface area contributed by atoms with Crippen molar-refractivity contribution in [1.82, 2.24) is 24.5 Å². The molecule has 2 rings (SSSR count). The molecular weight excluding hydrogens is 210 g/mol. The van der Waals surface area contributed by atoms with Crippen LogP contribution in [0.5, 0.6) is 0 Å². The van der Waals surface area contributed by atoms with Crippen molar-refractivity contribution in [2.24, 2.45) is 0 Å². The van der Waals surface area contributed by atoms with Crippen molar-refractivity contribution in [3.05, 3.63) is 29.1 Å². The Kier molecular flexibility index (Phi) is 2.68. The lowest BCUT2D eigenvalue weighted by atomic mass is 10.3. The lowest BCUT2D eigenvalue weighted by Gasteiger charge is -2.14. The molecule has 15 heavy (non-hydrogen) atoms. The summed E-state index contributed by atoms with van der Waals surface area (Å²) >= 11 is 5.16. The molecule has 80 valence electrons. The van der Waals surface area contributed by atoms with Gasteiger partial charge in [-0.2, -0.15) is 10.2 Å². The summed E-state index contributed by atoms with van der Waals surface area (Å²) in [4.78, 5) is 0. The molecule has 0 aliphatic heterocycles. The Morgan fingerprint density at radius 3 is 2.93 bits per heavy atom. The predicted octanol–water partition coefficient (Wildman–Crippen LogP) is 1.71. The molecule has 0 saturated heterocycles. The quantitative estimate of drug-likeness (QED) is 0.806. The highest BCUT2D eigenvalue weighted by molar-refractivity contribution is 7.71. The average Bonchev–Trinajstić information content (AvgIpc) is 2.77. The highest BCUT2D eigenvalue weighted by atomic mass is 32.1. The van der Waals surface area contributed by atoms with E-state index in [4.69, 9.17) is 12.2 Å². The number of hydrogen-bond acceptors (Lipinski definition) is 3. The van der Waals surface area contributed by atoms with Gasteiger partial charge in [-0.05, 0) is 32.1 Å². The van der Waals surface area contributed by atoms with E-state index in [2.05, 4.69) is 22.2 Å². The lowest BCUT2D eigenvalue weighted by molar-refractivity contribution is 0.426. The van der Waals surface area contributed by atoms with E-state index in [9.17, 15) is 0 Å². The maximum atomic E-state index is 5.16. The van der Waals surface area contributed by atoms with Crippen LogP contribution < -0.4 is 0 Å². The van der Waals surface area contributed by atoms with Crippen LogP contribution in [0.2, 0.25) is 0 Å². The van der Waals surface area contributed by atoms with Crippen molar-refractivity contribution in [2.45, 2.75) is 26.4 Å². The maximum absolute atomic E-state index is 5.16. The van der Waals surface area contributed by atoms with Crippen molar-refractivity contribution in [3.8, 4) is 0 Å². The van der Waals surface area contributed by atoms with Gasteiger partial charge in [0, 0.05) is 12.4 Å². The van der Waals surface area contributed by atoms with Crippen LogP contribution in [-0.2, 0) is 6.54 Å². The number of aromatic nitrogens is 5. The lowest BCUT2D eigenvalue weighted by Crippen LogP contribution is -2.14.